The van der Waals surface area contributed by atoms with Crippen LogP contribution in [0.1, 0.15) is 25.0 Å². The van der Waals surface area contributed by atoms with Crippen molar-refractivity contribution < 1.29 is 9.90 Å². The molecule has 4 aromatic rings. The van der Waals surface area contributed by atoms with E-state index in [-0.39, 0.29) is 17.4 Å². The highest BCUT2D eigenvalue weighted by Gasteiger charge is 2.10. The molecule has 0 aliphatic carbocycles. The third kappa shape index (κ3) is 6.77. The number of nitrogens with zero attached hydrogens (tertiary/aromatic N) is 4. The highest BCUT2D eigenvalue weighted by molar-refractivity contribution is 8.03. The van der Waals surface area contributed by atoms with Crippen LogP contribution in [-0.2, 0) is 10.5 Å². The Morgan fingerprint density at radius 3 is 2.58 bits per heavy atom. The number of carbonyl (C=O) groups excluding carboxylic acids is 1. The van der Waals surface area contributed by atoms with Gasteiger partial charge in [0.15, 0.2) is 8.68 Å². The molecule has 10 heteroatoms. The molecule has 0 bridgehead atoms. The number of hydrogen-bond donors (Lipinski definition) is 2. The first kappa shape index (κ1) is 26.0. The molecule has 0 spiro atoms. The molecule has 1 amide bonds. The van der Waals surface area contributed by atoms with Crippen molar-refractivity contribution in [2.45, 2.75) is 28.3 Å². The second-order valence-corrected chi connectivity index (χ2v) is 11.2. The summed E-state index contributed by atoms with van der Waals surface area (Å²) in [5.74, 6) is 0.843. The number of nitrogens with one attached hydrogen (secondary N) is 1. The topological polar surface area (TPSA) is 90.7 Å². The number of fused-ring (bicyclic) bond motifs is 1. The van der Waals surface area contributed by atoms with Gasteiger partial charge in [-0.15, -0.1) is 10.2 Å². The summed E-state index contributed by atoms with van der Waals surface area (Å²) in [6.45, 7) is 5.85. The maximum absolute atomic E-state index is 12.2. The van der Waals surface area contributed by atoms with Gasteiger partial charge in [0.05, 0.1) is 12.0 Å². The molecule has 1 aromatic heterocycles. The van der Waals surface area contributed by atoms with Crippen LogP contribution in [0, 0.1) is 0 Å². The van der Waals surface area contributed by atoms with E-state index in [1.54, 1.807) is 23.9 Å². The van der Waals surface area contributed by atoms with Crippen molar-refractivity contribution in [2.24, 2.45) is 5.10 Å². The summed E-state index contributed by atoms with van der Waals surface area (Å²) in [4.78, 5) is 14.3. The Bertz CT molecular complexity index is 1350. The Kier molecular flexibility index (Phi) is 9.21. The van der Waals surface area contributed by atoms with Gasteiger partial charge in [-0.25, -0.2) is 5.43 Å². The fourth-order valence-electron chi connectivity index (χ4n) is 3.63. The molecule has 3 aromatic carbocycles. The molecule has 7 nitrogen and oxygen atoms in total. The lowest BCUT2D eigenvalue weighted by atomic mass is 10.1. The first-order chi connectivity index (χ1) is 17.6. The molecule has 0 fully saturated rings. The summed E-state index contributed by atoms with van der Waals surface area (Å²) in [5.41, 5.74) is 5.24. The van der Waals surface area contributed by atoms with Crippen LogP contribution in [0.5, 0.6) is 5.75 Å². The first-order valence-electron chi connectivity index (χ1n) is 11.5. The van der Waals surface area contributed by atoms with Crippen molar-refractivity contribution in [3.8, 4) is 5.75 Å². The normalized spacial score (nSPS) is 11.3. The molecule has 0 aliphatic rings. The van der Waals surface area contributed by atoms with Crippen LogP contribution in [0.15, 0.2) is 74.4 Å². The van der Waals surface area contributed by atoms with Crippen LogP contribution in [0.4, 0.5) is 5.69 Å². The molecule has 0 unspecified atom stereocenters. The third-order valence-electron chi connectivity index (χ3n) is 5.48. The minimum atomic E-state index is -0.254. The predicted molar refractivity (Wildman–Crippen MR) is 152 cm³/mol. The number of hydrazone groups is 1. The summed E-state index contributed by atoms with van der Waals surface area (Å²) < 4.78 is 1.60. The summed E-state index contributed by atoms with van der Waals surface area (Å²) in [5, 5.41) is 25.2. The maximum Gasteiger partial charge on any atom is 0.250 e. The molecule has 1 heterocycles. The van der Waals surface area contributed by atoms with Crippen molar-refractivity contribution in [3.05, 3.63) is 71.8 Å². The van der Waals surface area contributed by atoms with Crippen LogP contribution < -0.4 is 10.3 Å². The number of benzene rings is 3. The van der Waals surface area contributed by atoms with Gasteiger partial charge in [-0.05, 0) is 42.3 Å². The Morgan fingerprint density at radius 2 is 1.81 bits per heavy atom. The van der Waals surface area contributed by atoms with Crippen molar-refractivity contribution in [2.75, 3.05) is 23.7 Å². The summed E-state index contributed by atoms with van der Waals surface area (Å²) in [7, 11) is 0. The molecular weight excluding hydrogens is 511 g/mol. The van der Waals surface area contributed by atoms with Crippen LogP contribution in [0.25, 0.3) is 10.8 Å². The molecule has 0 saturated heterocycles. The van der Waals surface area contributed by atoms with Gasteiger partial charge in [0, 0.05) is 36.2 Å². The van der Waals surface area contributed by atoms with Gasteiger partial charge in [-0.1, -0.05) is 77.3 Å². The molecule has 0 radical (unpaired) electrons. The lowest BCUT2D eigenvalue weighted by Crippen LogP contribution is -2.21. The number of carbonyl (C=O) groups is 1. The second kappa shape index (κ2) is 12.8. The minimum Gasteiger partial charge on any atom is -0.507 e. The Morgan fingerprint density at radius 1 is 1.06 bits per heavy atom. The fourth-order valence-corrected chi connectivity index (χ4v) is 6.45. The number of phenolic OH excluding ortho intramolecular Hbond substituents is 1. The van der Waals surface area contributed by atoms with E-state index in [1.165, 1.54) is 45.6 Å². The van der Waals surface area contributed by atoms with E-state index in [9.17, 15) is 9.90 Å². The lowest BCUT2D eigenvalue weighted by Gasteiger charge is -2.21. The van der Waals surface area contributed by atoms with Gasteiger partial charge < -0.3 is 10.0 Å². The van der Waals surface area contributed by atoms with Crippen LogP contribution in [-0.4, -0.2) is 46.3 Å². The van der Waals surface area contributed by atoms with Gasteiger partial charge in [0.1, 0.15) is 5.75 Å². The zero-order valence-electron chi connectivity index (χ0n) is 20.0. The molecule has 0 aliphatic heterocycles. The monoisotopic (exact) mass is 537 g/mol. The number of rotatable bonds is 11. The highest BCUT2D eigenvalue weighted by Crippen LogP contribution is 2.32. The SMILES string of the molecule is CCN(CC)c1ccc(C=NNC(=O)CSc2nnc(SCc3cccc4ccccc34)s2)c(O)c1. The molecule has 4 rings (SSSR count). The summed E-state index contributed by atoms with van der Waals surface area (Å²) >= 11 is 4.44. The van der Waals surface area contributed by atoms with Gasteiger partial charge >= 0.3 is 0 Å². The van der Waals surface area contributed by atoms with Crippen LogP contribution in [0.2, 0.25) is 0 Å². The molecule has 0 atom stereocenters. The average Bonchev–Trinajstić information content (AvgIpc) is 3.36. The largest absolute Gasteiger partial charge is 0.507 e. The predicted octanol–water partition coefficient (Wildman–Crippen LogP) is 5.78. The van der Waals surface area contributed by atoms with E-state index >= 15 is 0 Å². The van der Waals surface area contributed by atoms with E-state index in [0.29, 0.717) is 5.56 Å². The summed E-state index contributed by atoms with van der Waals surface area (Å²) in [6.07, 6.45) is 1.44. The van der Waals surface area contributed by atoms with Gasteiger partial charge in [-0.3, -0.25) is 4.79 Å². The molecule has 2 N–H and O–H groups in total. The van der Waals surface area contributed by atoms with Crippen LogP contribution >= 0.6 is 34.9 Å². The van der Waals surface area contributed by atoms with Gasteiger partial charge in [0.2, 0.25) is 0 Å². The molecular formula is C26H27N5O2S3. The number of hydrogen-bond acceptors (Lipinski definition) is 9. The summed E-state index contributed by atoms with van der Waals surface area (Å²) in [6, 6.07) is 20.1. The average molecular weight is 538 g/mol. The van der Waals surface area contributed by atoms with E-state index in [0.717, 1.165) is 33.2 Å². The molecule has 36 heavy (non-hydrogen) atoms. The van der Waals surface area contributed by atoms with E-state index in [4.69, 9.17) is 0 Å². The standard InChI is InChI=1S/C26H27N5O2S3/c1-3-31(4-2)21-13-12-19(23(32)14-21)15-27-28-24(33)17-35-26-30-29-25(36-26)34-16-20-10-7-9-18-8-5-6-11-22(18)20/h5-15,32H,3-4,16-17H2,1-2H3,(H,28,33). The number of thioether (sulfide) groups is 2. The van der Waals surface area contributed by atoms with E-state index < -0.39 is 0 Å². The second-order valence-electron chi connectivity index (χ2n) is 7.76. The van der Waals surface area contributed by atoms with Crippen LogP contribution in [0.3, 0.4) is 0 Å². The number of aromatic hydroxyl groups is 1. The number of aromatic nitrogens is 2. The van der Waals surface area contributed by atoms with E-state index in [1.807, 2.05) is 12.1 Å². The van der Waals surface area contributed by atoms with Crippen molar-refractivity contribution in [1.29, 1.82) is 0 Å². The third-order valence-corrected chi connectivity index (χ3v) is 8.72. The van der Waals surface area contributed by atoms with Crippen molar-refractivity contribution in [3.63, 3.8) is 0 Å². The number of amides is 1. The molecule has 186 valence electrons. The van der Waals surface area contributed by atoms with Gasteiger partial charge in [-0.2, -0.15) is 5.10 Å². The van der Waals surface area contributed by atoms with Crippen molar-refractivity contribution >= 4 is 63.4 Å². The Balaban J connectivity index is 1.24. The maximum atomic E-state index is 12.2. The van der Waals surface area contributed by atoms with E-state index in [2.05, 4.69) is 75.9 Å². The highest BCUT2D eigenvalue weighted by atomic mass is 32.2. The smallest absolute Gasteiger partial charge is 0.250 e. The first-order valence-corrected chi connectivity index (χ1v) is 14.3. The lowest BCUT2D eigenvalue weighted by molar-refractivity contribution is -0.118. The number of anilines is 1. The quantitative estimate of drug-likeness (QED) is 0.142. The zero-order chi connectivity index (χ0) is 25.3. The Hall–Kier alpha value is -3.08. The van der Waals surface area contributed by atoms with Crippen molar-refractivity contribution in [1.82, 2.24) is 15.6 Å². The fraction of sp³-hybridized carbons (Fsp3) is 0.231. The van der Waals surface area contributed by atoms with Gasteiger partial charge in [0.25, 0.3) is 5.91 Å². The Labute approximate surface area is 223 Å². The minimum absolute atomic E-state index is 0.120. The number of phenols is 1. The molecule has 0 saturated carbocycles. The zero-order valence-corrected chi connectivity index (χ0v) is 22.5.